The zero-order valence-electron chi connectivity index (χ0n) is 14.4. The molecule has 4 heteroatoms. The van der Waals surface area contributed by atoms with Crippen molar-refractivity contribution in [2.75, 3.05) is 27.7 Å². The van der Waals surface area contributed by atoms with Gasteiger partial charge >= 0.3 is 0 Å². The topological polar surface area (TPSA) is 38.8 Å². The third-order valence-electron chi connectivity index (χ3n) is 4.42. The first-order valence-corrected chi connectivity index (χ1v) is 8.18. The minimum atomic E-state index is -0.289. The molecule has 2 aromatic carbocycles. The number of carbonyl (C=O) groups excluding carboxylic acids is 1. The zero-order valence-corrected chi connectivity index (χ0v) is 14.4. The minimum Gasteiger partial charge on any atom is -0.497 e. The van der Waals surface area contributed by atoms with Gasteiger partial charge in [-0.15, -0.1) is 0 Å². The third kappa shape index (κ3) is 3.29. The van der Waals surface area contributed by atoms with E-state index in [4.69, 9.17) is 9.47 Å². The fourth-order valence-corrected chi connectivity index (χ4v) is 3.13. The number of hydrogen-bond acceptors (Lipinski definition) is 4. The van der Waals surface area contributed by atoms with Gasteiger partial charge in [0.15, 0.2) is 5.78 Å². The van der Waals surface area contributed by atoms with Crippen LogP contribution in [-0.2, 0) is 0 Å². The van der Waals surface area contributed by atoms with Gasteiger partial charge in [-0.3, -0.25) is 4.79 Å². The number of carbonyl (C=O) groups is 1. The standard InChI is InChI=1S/C20H23NO3/c1-21(2)12-11-17-19(22)16-9-4-5-10-18(16)24-20(17)14-7-6-8-15(13-14)23-3/h4-10,13,17,20H,11-12H2,1-3H3. The maximum atomic E-state index is 13.0. The average molecular weight is 325 g/mol. The largest absolute Gasteiger partial charge is 0.497 e. The fourth-order valence-electron chi connectivity index (χ4n) is 3.13. The van der Waals surface area contributed by atoms with Crippen molar-refractivity contribution in [2.45, 2.75) is 12.5 Å². The number of nitrogens with zero attached hydrogens (tertiary/aromatic N) is 1. The van der Waals surface area contributed by atoms with E-state index in [1.807, 2.05) is 62.6 Å². The fraction of sp³-hybridized carbons (Fsp3) is 0.350. The van der Waals surface area contributed by atoms with Crippen LogP contribution in [0.2, 0.25) is 0 Å². The van der Waals surface area contributed by atoms with E-state index in [2.05, 4.69) is 4.90 Å². The monoisotopic (exact) mass is 325 g/mol. The minimum absolute atomic E-state index is 0.159. The number of ether oxygens (including phenoxy) is 2. The number of fused-ring (bicyclic) bond motifs is 1. The molecule has 0 N–H and O–H groups in total. The summed E-state index contributed by atoms with van der Waals surface area (Å²) < 4.78 is 11.6. The molecule has 0 aliphatic carbocycles. The molecule has 2 aromatic rings. The highest BCUT2D eigenvalue weighted by molar-refractivity contribution is 6.01. The van der Waals surface area contributed by atoms with Crippen LogP contribution in [0.1, 0.15) is 28.4 Å². The lowest BCUT2D eigenvalue weighted by Gasteiger charge is -2.33. The molecule has 0 saturated carbocycles. The highest BCUT2D eigenvalue weighted by atomic mass is 16.5. The molecule has 0 bridgehead atoms. The van der Waals surface area contributed by atoms with Crippen molar-refractivity contribution in [3.8, 4) is 11.5 Å². The molecule has 3 rings (SSSR count). The number of para-hydroxylation sites is 1. The first-order chi connectivity index (χ1) is 11.6. The van der Waals surface area contributed by atoms with Gasteiger partial charge in [-0.25, -0.2) is 0 Å². The smallest absolute Gasteiger partial charge is 0.173 e. The molecule has 0 radical (unpaired) electrons. The summed E-state index contributed by atoms with van der Waals surface area (Å²) in [6.07, 6.45) is 0.463. The number of benzene rings is 2. The zero-order chi connectivity index (χ0) is 17.1. The van der Waals surface area contributed by atoms with Crippen LogP contribution in [0.25, 0.3) is 0 Å². The van der Waals surface area contributed by atoms with Gasteiger partial charge in [-0.05, 0) is 56.9 Å². The highest BCUT2D eigenvalue weighted by Gasteiger charge is 2.37. The summed E-state index contributed by atoms with van der Waals surface area (Å²) >= 11 is 0. The highest BCUT2D eigenvalue weighted by Crippen LogP contribution is 2.40. The molecule has 1 aliphatic rings. The van der Waals surface area contributed by atoms with Gasteiger partial charge in [0.2, 0.25) is 0 Å². The van der Waals surface area contributed by atoms with E-state index in [1.165, 1.54) is 0 Å². The van der Waals surface area contributed by atoms with Gasteiger partial charge in [0.1, 0.15) is 17.6 Å². The number of rotatable bonds is 5. The maximum Gasteiger partial charge on any atom is 0.173 e. The van der Waals surface area contributed by atoms with E-state index in [9.17, 15) is 4.79 Å². The van der Waals surface area contributed by atoms with Crippen molar-refractivity contribution < 1.29 is 14.3 Å². The molecule has 1 heterocycles. The second-order valence-electron chi connectivity index (χ2n) is 6.37. The predicted molar refractivity (Wildman–Crippen MR) is 93.8 cm³/mol. The van der Waals surface area contributed by atoms with Crippen molar-refractivity contribution in [3.05, 3.63) is 59.7 Å². The van der Waals surface area contributed by atoms with Gasteiger partial charge in [-0.2, -0.15) is 0 Å². The number of hydrogen-bond donors (Lipinski definition) is 0. The second kappa shape index (κ2) is 7.05. The Bertz CT molecular complexity index is 726. The first-order valence-electron chi connectivity index (χ1n) is 8.18. The van der Waals surface area contributed by atoms with Gasteiger partial charge in [0.05, 0.1) is 18.6 Å². The Hall–Kier alpha value is -2.33. The lowest BCUT2D eigenvalue weighted by atomic mass is 9.83. The molecular weight excluding hydrogens is 302 g/mol. The maximum absolute atomic E-state index is 13.0. The molecule has 0 saturated heterocycles. The van der Waals surface area contributed by atoms with Crippen LogP contribution in [0.5, 0.6) is 11.5 Å². The van der Waals surface area contributed by atoms with Crippen LogP contribution in [-0.4, -0.2) is 38.4 Å². The summed E-state index contributed by atoms with van der Waals surface area (Å²) in [4.78, 5) is 15.1. The van der Waals surface area contributed by atoms with Gasteiger partial charge in [-0.1, -0.05) is 24.3 Å². The Morgan fingerprint density at radius 1 is 1.12 bits per heavy atom. The lowest BCUT2D eigenvalue weighted by molar-refractivity contribution is 0.0621. The number of ketones is 1. The molecule has 24 heavy (non-hydrogen) atoms. The number of methoxy groups -OCH3 is 1. The Kier molecular flexibility index (Phi) is 4.86. The second-order valence-corrected chi connectivity index (χ2v) is 6.37. The molecule has 0 spiro atoms. The van der Waals surface area contributed by atoms with Crippen molar-refractivity contribution in [1.29, 1.82) is 0 Å². The lowest BCUT2D eigenvalue weighted by Crippen LogP contribution is -2.33. The molecule has 126 valence electrons. The molecule has 0 aromatic heterocycles. The summed E-state index contributed by atoms with van der Waals surface area (Å²) in [5.41, 5.74) is 1.65. The molecule has 0 amide bonds. The van der Waals surface area contributed by atoms with Crippen molar-refractivity contribution in [3.63, 3.8) is 0 Å². The van der Waals surface area contributed by atoms with E-state index in [1.54, 1.807) is 7.11 Å². The van der Waals surface area contributed by atoms with Crippen LogP contribution >= 0.6 is 0 Å². The molecule has 4 nitrogen and oxygen atoms in total. The number of Topliss-reactive ketones (excluding diaryl/α,β-unsaturated/α-hetero) is 1. The van der Waals surface area contributed by atoms with E-state index >= 15 is 0 Å². The van der Waals surface area contributed by atoms with Crippen LogP contribution in [0.4, 0.5) is 0 Å². The predicted octanol–water partition coefficient (Wildman–Crippen LogP) is 3.58. The Labute approximate surface area is 143 Å². The van der Waals surface area contributed by atoms with Gasteiger partial charge in [0, 0.05) is 0 Å². The Balaban J connectivity index is 1.98. The van der Waals surface area contributed by atoms with Crippen molar-refractivity contribution in [1.82, 2.24) is 4.90 Å². The van der Waals surface area contributed by atoms with Crippen LogP contribution < -0.4 is 9.47 Å². The summed E-state index contributed by atoms with van der Waals surface area (Å²) in [5.74, 6) is 1.39. The normalized spacial score (nSPS) is 19.8. The summed E-state index contributed by atoms with van der Waals surface area (Å²) in [7, 11) is 5.68. The molecular formula is C20H23NO3. The summed E-state index contributed by atoms with van der Waals surface area (Å²) in [6, 6.07) is 15.3. The van der Waals surface area contributed by atoms with Crippen molar-refractivity contribution >= 4 is 5.78 Å². The van der Waals surface area contributed by atoms with Crippen LogP contribution in [0.15, 0.2) is 48.5 Å². The van der Waals surface area contributed by atoms with E-state index < -0.39 is 0 Å². The SMILES string of the molecule is COc1cccc(C2Oc3ccccc3C(=O)C2CCN(C)C)c1. The van der Waals surface area contributed by atoms with E-state index in [-0.39, 0.29) is 17.8 Å². The van der Waals surface area contributed by atoms with Gasteiger partial charge in [0.25, 0.3) is 0 Å². The summed E-state index contributed by atoms with van der Waals surface area (Å²) in [6.45, 7) is 0.836. The van der Waals surface area contributed by atoms with Crippen LogP contribution in [0.3, 0.4) is 0 Å². The quantitative estimate of drug-likeness (QED) is 0.842. The van der Waals surface area contributed by atoms with Gasteiger partial charge < -0.3 is 14.4 Å². The van der Waals surface area contributed by atoms with E-state index in [0.29, 0.717) is 11.3 Å². The molecule has 1 aliphatic heterocycles. The molecule has 0 fully saturated rings. The Morgan fingerprint density at radius 3 is 2.67 bits per heavy atom. The summed E-state index contributed by atoms with van der Waals surface area (Å²) in [5, 5.41) is 0. The third-order valence-corrected chi connectivity index (χ3v) is 4.42. The first kappa shape index (κ1) is 16.5. The van der Waals surface area contributed by atoms with Crippen LogP contribution in [0, 0.1) is 5.92 Å². The average Bonchev–Trinajstić information content (AvgIpc) is 2.60. The van der Waals surface area contributed by atoms with E-state index in [0.717, 1.165) is 24.3 Å². The van der Waals surface area contributed by atoms with Crippen molar-refractivity contribution in [2.24, 2.45) is 5.92 Å². The Morgan fingerprint density at radius 2 is 1.92 bits per heavy atom. The molecule has 2 unspecified atom stereocenters. The molecule has 2 atom stereocenters.